The zero-order valence-electron chi connectivity index (χ0n) is 31.7. The summed E-state index contributed by atoms with van der Waals surface area (Å²) in [6.45, 7) is 0. The van der Waals surface area contributed by atoms with E-state index in [0.29, 0.717) is 0 Å². The van der Waals surface area contributed by atoms with E-state index in [-0.39, 0.29) is 0 Å². The number of hydrogen-bond acceptors (Lipinski definition) is 2. The average Bonchev–Trinajstić information content (AvgIpc) is 3.68. The smallest absolute Gasteiger partial charge is 0.143 e. The summed E-state index contributed by atoms with van der Waals surface area (Å²) < 4.78 is 6.73. The molecule has 0 bridgehead atoms. The van der Waals surface area contributed by atoms with Gasteiger partial charge in [0, 0.05) is 39.5 Å². The SMILES string of the molecule is c1ccc(-c2cccc3c2oc2cc(N(c4ccc(-c5ccc(-c6cccc7ccccc67)cc5)cc4)c4ccc(-c5ccc6ccccc6c5)cc4)ccc23)cc1. The van der Waals surface area contributed by atoms with Crippen LogP contribution in [-0.2, 0) is 0 Å². The maximum Gasteiger partial charge on any atom is 0.143 e. The second-order valence-electron chi connectivity index (χ2n) is 14.9. The van der Waals surface area contributed by atoms with Crippen LogP contribution in [0.5, 0.6) is 0 Å². The molecule has 0 saturated carbocycles. The normalized spacial score (nSPS) is 11.4. The molecule has 272 valence electrons. The number of fused-ring (bicyclic) bond motifs is 5. The van der Waals surface area contributed by atoms with E-state index in [4.69, 9.17) is 4.42 Å². The number of rotatable bonds is 7. The van der Waals surface area contributed by atoms with Gasteiger partial charge in [-0.15, -0.1) is 0 Å². The van der Waals surface area contributed by atoms with Crippen molar-refractivity contribution in [2.45, 2.75) is 0 Å². The van der Waals surface area contributed by atoms with Crippen LogP contribution >= 0.6 is 0 Å². The first-order chi connectivity index (χ1) is 28.7. The van der Waals surface area contributed by atoms with Gasteiger partial charge in [-0.3, -0.25) is 0 Å². The van der Waals surface area contributed by atoms with E-state index in [0.717, 1.165) is 50.1 Å². The number of para-hydroxylation sites is 1. The van der Waals surface area contributed by atoms with E-state index < -0.39 is 0 Å². The summed E-state index contributed by atoms with van der Waals surface area (Å²) in [5.41, 5.74) is 14.4. The van der Waals surface area contributed by atoms with Gasteiger partial charge in [0.25, 0.3) is 0 Å². The van der Waals surface area contributed by atoms with Crippen LogP contribution in [0, 0.1) is 0 Å². The second-order valence-corrected chi connectivity index (χ2v) is 14.9. The summed E-state index contributed by atoms with van der Waals surface area (Å²) in [5.74, 6) is 0. The van der Waals surface area contributed by atoms with Crippen molar-refractivity contribution >= 4 is 60.5 Å². The summed E-state index contributed by atoms with van der Waals surface area (Å²) in [4.78, 5) is 2.32. The van der Waals surface area contributed by atoms with Crippen LogP contribution in [0.15, 0.2) is 229 Å². The molecule has 1 aromatic heterocycles. The Bertz CT molecular complexity index is 3250. The molecule has 0 aliphatic heterocycles. The molecule has 0 aliphatic rings. The van der Waals surface area contributed by atoms with Crippen LogP contribution in [0.1, 0.15) is 0 Å². The van der Waals surface area contributed by atoms with Crippen molar-refractivity contribution in [3.05, 3.63) is 224 Å². The molecule has 0 radical (unpaired) electrons. The molecule has 0 amide bonds. The van der Waals surface area contributed by atoms with Crippen molar-refractivity contribution in [3.63, 3.8) is 0 Å². The standard InChI is InChI=1S/C56H37NO/c1-2-11-43(12-3-1)52-18-9-19-54-53-35-34-49(37-55(53)58-56(52)54)57(48-32-28-41(29-33-48)46-25-22-38-10-4-5-14-45(38)36-46)47-30-26-40(27-31-47)39-20-23-44(24-21-39)51-17-8-15-42-13-6-7-16-50(42)51/h1-37H. The molecule has 0 aliphatic carbocycles. The van der Waals surface area contributed by atoms with E-state index >= 15 is 0 Å². The van der Waals surface area contributed by atoms with Crippen molar-refractivity contribution in [2.75, 3.05) is 4.90 Å². The van der Waals surface area contributed by atoms with E-state index in [1.54, 1.807) is 0 Å². The van der Waals surface area contributed by atoms with E-state index in [9.17, 15) is 0 Å². The van der Waals surface area contributed by atoms with E-state index in [2.05, 4.69) is 223 Å². The lowest BCUT2D eigenvalue weighted by molar-refractivity contribution is 0.670. The zero-order chi connectivity index (χ0) is 38.4. The first kappa shape index (κ1) is 33.6. The van der Waals surface area contributed by atoms with Gasteiger partial charge in [-0.2, -0.15) is 0 Å². The van der Waals surface area contributed by atoms with E-state index in [1.165, 1.54) is 54.9 Å². The number of hydrogen-bond donors (Lipinski definition) is 0. The maximum absolute atomic E-state index is 6.73. The Morgan fingerprint density at radius 1 is 0.276 bits per heavy atom. The Morgan fingerprint density at radius 3 is 1.55 bits per heavy atom. The minimum absolute atomic E-state index is 0.858. The Hall–Kier alpha value is -7.68. The molecule has 0 unspecified atom stereocenters. The van der Waals surface area contributed by atoms with Gasteiger partial charge in [0.2, 0.25) is 0 Å². The highest BCUT2D eigenvalue weighted by molar-refractivity contribution is 6.10. The molecule has 58 heavy (non-hydrogen) atoms. The second kappa shape index (κ2) is 14.1. The first-order valence-corrected chi connectivity index (χ1v) is 19.8. The maximum atomic E-state index is 6.73. The topological polar surface area (TPSA) is 16.4 Å². The minimum Gasteiger partial charge on any atom is -0.455 e. The number of nitrogens with zero attached hydrogens (tertiary/aromatic N) is 1. The quantitative estimate of drug-likeness (QED) is 0.162. The molecule has 0 spiro atoms. The van der Waals surface area contributed by atoms with Gasteiger partial charge in [-0.05, 0) is 103 Å². The third kappa shape index (κ3) is 6.00. The summed E-state index contributed by atoms with van der Waals surface area (Å²) in [6, 6.07) is 80.5. The van der Waals surface area contributed by atoms with Gasteiger partial charge in [0.1, 0.15) is 11.2 Å². The molecule has 10 aromatic carbocycles. The molecule has 0 saturated heterocycles. The van der Waals surface area contributed by atoms with E-state index in [1.807, 2.05) is 6.07 Å². The molecule has 0 fully saturated rings. The molecular weight excluding hydrogens is 703 g/mol. The van der Waals surface area contributed by atoms with Crippen LogP contribution in [0.2, 0.25) is 0 Å². The molecule has 1 heterocycles. The molecular formula is C56H37NO. The van der Waals surface area contributed by atoms with Crippen molar-refractivity contribution in [2.24, 2.45) is 0 Å². The highest BCUT2D eigenvalue weighted by Gasteiger charge is 2.18. The fourth-order valence-electron chi connectivity index (χ4n) is 8.51. The fraction of sp³-hybridized carbons (Fsp3) is 0. The van der Waals surface area contributed by atoms with Gasteiger partial charge in [-0.25, -0.2) is 0 Å². The van der Waals surface area contributed by atoms with Crippen LogP contribution in [0.25, 0.3) is 88.0 Å². The van der Waals surface area contributed by atoms with Crippen molar-refractivity contribution in [1.82, 2.24) is 0 Å². The molecule has 2 nitrogen and oxygen atoms in total. The lowest BCUT2D eigenvalue weighted by Gasteiger charge is -2.26. The predicted octanol–water partition coefficient (Wildman–Crippen LogP) is 16.0. The Balaban J connectivity index is 0.977. The Morgan fingerprint density at radius 2 is 0.793 bits per heavy atom. The molecule has 2 heteroatoms. The van der Waals surface area contributed by atoms with Crippen molar-refractivity contribution in [1.29, 1.82) is 0 Å². The Labute approximate surface area is 337 Å². The van der Waals surface area contributed by atoms with Gasteiger partial charge in [0.05, 0.1) is 0 Å². The third-order valence-corrected chi connectivity index (χ3v) is 11.5. The van der Waals surface area contributed by atoms with Gasteiger partial charge >= 0.3 is 0 Å². The lowest BCUT2D eigenvalue weighted by Crippen LogP contribution is -2.09. The van der Waals surface area contributed by atoms with Crippen LogP contribution in [0.3, 0.4) is 0 Å². The number of anilines is 3. The number of furan rings is 1. The summed E-state index contributed by atoms with van der Waals surface area (Å²) in [7, 11) is 0. The molecule has 0 atom stereocenters. The first-order valence-electron chi connectivity index (χ1n) is 19.8. The molecule has 11 rings (SSSR count). The molecule has 11 aromatic rings. The van der Waals surface area contributed by atoms with Gasteiger partial charge < -0.3 is 9.32 Å². The highest BCUT2D eigenvalue weighted by atomic mass is 16.3. The fourth-order valence-corrected chi connectivity index (χ4v) is 8.51. The summed E-state index contributed by atoms with van der Waals surface area (Å²) >= 11 is 0. The zero-order valence-corrected chi connectivity index (χ0v) is 31.7. The van der Waals surface area contributed by atoms with Crippen molar-refractivity contribution in [3.8, 4) is 44.5 Å². The minimum atomic E-state index is 0.858. The summed E-state index contributed by atoms with van der Waals surface area (Å²) in [5, 5.41) is 7.23. The van der Waals surface area contributed by atoms with Gasteiger partial charge in [0.15, 0.2) is 0 Å². The monoisotopic (exact) mass is 739 g/mol. The lowest BCUT2D eigenvalue weighted by atomic mass is 9.96. The largest absolute Gasteiger partial charge is 0.455 e. The van der Waals surface area contributed by atoms with Crippen LogP contribution in [-0.4, -0.2) is 0 Å². The Kier molecular flexibility index (Phi) is 8.19. The number of benzene rings is 10. The van der Waals surface area contributed by atoms with Gasteiger partial charge in [-0.1, -0.05) is 176 Å². The molecule has 0 N–H and O–H groups in total. The van der Waals surface area contributed by atoms with Crippen LogP contribution < -0.4 is 4.90 Å². The highest BCUT2D eigenvalue weighted by Crippen LogP contribution is 2.42. The summed E-state index contributed by atoms with van der Waals surface area (Å²) in [6.07, 6.45) is 0. The average molecular weight is 740 g/mol. The predicted molar refractivity (Wildman–Crippen MR) is 245 cm³/mol. The van der Waals surface area contributed by atoms with Crippen molar-refractivity contribution < 1.29 is 4.42 Å². The third-order valence-electron chi connectivity index (χ3n) is 11.5. The van der Waals surface area contributed by atoms with Crippen LogP contribution in [0.4, 0.5) is 17.1 Å².